The highest BCUT2D eigenvalue weighted by Crippen LogP contribution is 2.24. The SMILES string of the molecule is CNC(=O)C[C@H]1CC[C@@H](CNC(=O)c2cn3c(n2)CCNCC3)N1C. The maximum absolute atomic E-state index is 12.4. The van der Waals surface area contributed by atoms with Crippen molar-refractivity contribution in [2.45, 2.75) is 44.3 Å². The number of imidazole rings is 1. The van der Waals surface area contributed by atoms with Gasteiger partial charge in [0, 0.05) is 64.3 Å². The number of hydrogen-bond donors (Lipinski definition) is 3. The molecular formula is C17H28N6O2. The van der Waals surface area contributed by atoms with Crippen molar-refractivity contribution in [3.63, 3.8) is 0 Å². The van der Waals surface area contributed by atoms with E-state index >= 15 is 0 Å². The van der Waals surface area contributed by atoms with Crippen LogP contribution in [0.4, 0.5) is 0 Å². The molecule has 3 heterocycles. The van der Waals surface area contributed by atoms with Crippen LogP contribution >= 0.6 is 0 Å². The summed E-state index contributed by atoms with van der Waals surface area (Å²) in [4.78, 5) is 30.7. The number of hydrogen-bond acceptors (Lipinski definition) is 5. The second kappa shape index (κ2) is 7.97. The van der Waals surface area contributed by atoms with Gasteiger partial charge >= 0.3 is 0 Å². The third kappa shape index (κ3) is 4.19. The average molecular weight is 348 g/mol. The fourth-order valence-corrected chi connectivity index (χ4v) is 3.68. The summed E-state index contributed by atoms with van der Waals surface area (Å²) >= 11 is 0. The van der Waals surface area contributed by atoms with Gasteiger partial charge < -0.3 is 20.5 Å². The van der Waals surface area contributed by atoms with Crippen LogP contribution in [0.25, 0.3) is 0 Å². The first-order valence-electron chi connectivity index (χ1n) is 9.06. The van der Waals surface area contributed by atoms with Crippen molar-refractivity contribution in [1.82, 2.24) is 30.4 Å². The van der Waals surface area contributed by atoms with Gasteiger partial charge in [0.25, 0.3) is 5.91 Å². The Hall–Kier alpha value is -1.93. The molecule has 8 nitrogen and oxygen atoms in total. The molecule has 138 valence electrons. The Morgan fingerprint density at radius 2 is 2.12 bits per heavy atom. The van der Waals surface area contributed by atoms with Gasteiger partial charge in [-0.05, 0) is 19.9 Å². The molecule has 0 unspecified atom stereocenters. The summed E-state index contributed by atoms with van der Waals surface area (Å²) < 4.78 is 2.07. The van der Waals surface area contributed by atoms with Crippen LogP contribution in [-0.4, -0.2) is 72.1 Å². The molecule has 3 N–H and O–H groups in total. The molecule has 0 aromatic carbocycles. The summed E-state index contributed by atoms with van der Waals surface area (Å²) in [5.41, 5.74) is 0.500. The van der Waals surface area contributed by atoms with Crippen LogP contribution in [0.1, 0.15) is 35.6 Å². The number of carbonyl (C=O) groups is 2. The zero-order valence-corrected chi connectivity index (χ0v) is 15.0. The minimum absolute atomic E-state index is 0.0653. The second-order valence-corrected chi connectivity index (χ2v) is 6.87. The minimum Gasteiger partial charge on any atom is -0.359 e. The molecule has 2 atom stereocenters. The van der Waals surface area contributed by atoms with Crippen molar-refractivity contribution in [2.75, 3.05) is 33.7 Å². The van der Waals surface area contributed by atoms with E-state index in [4.69, 9.17) is 0 Å². The molecule has 2 amide bonds. The topological polar surface area (TPSA) is 91.3 Å². The Morgan fingerprint density at radius 1 is 1.32 bits per heavy atom. The lowest BCUT2D eigenvalue weighted by Gasteiger charge is -2.25. The van der Waals surface area contributed by atoms with E-state index in [1.54, 1.807) is 7.05 Å². The molecule has 0 bridgehead atoms. The van der Waals surface area contributed by atoms with Crippen molar-refractivity contribution in [3.8, 4) is 0 Å². The molecule has 3 rings (SSSR count). The van der Waals surface area contributed by atoms with E-state index in [1.165, 1.54) is 0 Å². The molecule has 2 aliphatic heterocycles. The second-order valence-electron chi connectivity index (χ2n) is 6.87. The third-order valence-electron chi connectivity index (χ3n) is 5.33. The molecule has 8 heteroatoms. The van der Waals surface area contributed by atoms with E-state index in [9.17, 15) is 9.59 Å². The zero-order valence-electron chi connectivity index (χ0n) is 15.0. The zero-order chi connectivity index (χ0) is 17.8. The molecule has 1 saturated heterocycles. The van der Waals surface area contributed by atoms with Gasteiger partial charge in [-0.3, -0.25) is 14.5 Å². The molecule has 1 aromatic rings. The monoisotopic (exact) mass is 348 g/mol. The van der Waals surface area contributed by atoms with Crippen LogP contribution in [0, 0.1) is 0 Å². The van der Waals surface area contributed by atoms with E-state index in [1.807, 2.05) is 13.2 Å². The maximum Gasteiger partial charge on any atom is 0.271 e. The van der Waals surface area contributed by atoms with E-state index in [0.717, 1.165) is 44.7 Å². The van der Waals surface area contributed by atoms with Crippen LogP contribution < -0.4 is 16.0 Å². The maximum atomic E-state index is 12.4. The molecule has 1 aromatic heterocycles. The van der Waals surface area contributed by atoms with Crippen molar-refractivity contribution in [2.24, 2.45) is 0 Å². The highest BCUT2D eigenvalue weighted by Gasteiger charge is 2.31. The first kappa shape index (κ1) is 17.9. The Kier molecular flexibility index (Phi) is 5.70. The van der Waals surface area contributed by atoms with Crippen molar-refractivity contribution in [3.05, 3.63) is 17.7 Å². The van der Waals surface area contributed by atoms with Crippen LogP contribution in [0.5, 0.6) is 0 Å². The lowest BCUT2D eigenvalue weighted by atomic mass is 10.1. The molecule has 0 radical (unpaired) electrons. The van der Waals surface area contributed by atoms with E-state index in [2.05, 4.69) is 30.4 Å². The van der Waals surface area contributed by atoms with Gasteiger partial charge in [-0.15, -0.1) is 0 Å². The number of carbonyl (C=O) groups excluding carboxylic acids is 2. The van der Waals surface area contributed by atoms with Crippen LogP contribution in [0.3, 0.4) is 0 Å². The van der Waals surface area contributed by atoms with Gasteiger partial charge in [0.2, 0.25) is 5.91 Å². The van der Waals surface area contributed by atoms with E-state index < -0.39 is 0 Å². The third-order valence-corrected chi connectivity index (χ3v) is 5.33. The fraction of sp³-hybridized carbons (Fsp3) is 0.706. The van der Waals surface area contributed by atoms with Gasteiger partial charge in [0.15, 0.2) is 0 Å². The number of rotatable bonds is 5. The summed E-state index contributed by atoms with van der Waals surface area (Å²) in [5.74, 6) is 0.922. The Balaban J connectivity index is 1.52. The number of nitrogens with zero attached hydrogens (tertiary/aromatic N) is 3. The fourth-order valence-electron chi connectivity index (χ4n) is 3.68. The molecule has 0 saturated carbocycles. The molecule has 0 aliphatic carbocycles. The van der Waals surface area contributed by atoms with Crippen molar-refractivity contribution >= 4 is 11.8 Å². The smallest absolute Gasteiger partial charge is 0.271 e. The summed E-state index contributed by atoms with van der Waals surface area (Å²) in [6.07, 6.45) is 5.18. The molecule has 25 heavy (non-hydrogen) atoms. The van der Waals surface area contributed by atoms with Crippen LogP contribution in [-0.2, 0) is 17.8 Å². The predicted molar refractivity (Wildman–Crippen MR) is 94.4 cm³/mol. The number of likely N-dealkylation sites (N-methyl/N-ethyl adjacent to an activating group) is 1. The normalized spacial score (nSPS) is 23.8. The largest absolute Gasteiger partial charge is 0.359 e. The number of likely N-dealkylation sites (tertiary alicyclic amines) is 1. The lowest BCUT2D eigenvalue weighted by molar-refractivity contribution is -0.121. The summed E-state index contributed by atoms with van der Waals surface area (Å²) in [7, 11) is 3.70. The van der Waals surface area contributed by atoms with Gasteiger partial charge in [-0.2, -0.15) is 0 Å². The first-order valence-corrected chi connectivity index (χ1v) is 9.06. The quantitative estimate of drug-likeness (QED) is 0.658. The molecular weight excluding hydrogens is 320 g/mol. The lowest BCUT2D eigenvalue weighted by Crippen LogP contribution is -2.42. The minimum atomic E-state index is -0.114. The predicted octanol–water partition coefficient (Wildman–Crippen LogP) is -0.642. The highest BCUT2D eigenvalue weighted by atomic mass is 16.2. The van der Waals surface area contributed by atoms with Crippen molar-refractivity contribution in [1.29, 1.82) is 0 Å². The van der Waals surface area contributed by atoms with E-state index in [-0.39, 0.29) is 23.9 Å². The summed E-state index contributed by atoms with van der Waals surface area (Å²) in [5, 5.41) is 9.01. The molecule has 0 spiro atoms. The van der Waals surface area contributed by atoms with Crippen molar-refractivity contribution < 1.29 is 9.59 Å². The van der Waals surface area contributed by atoms with Gasteiger partial charge in [-0.25, -0.2) is 4.98 Å². The summed E-state index contributed by atoms with van der Waals surface area (Å²) in [6, 6.07) is 0.515. The molecule has 1 fully saturated rings. The average Bonchev–Trinajstić information content (AvgIpc) is 3.09. The Bertz CT molecular complexity index is 605. The van der Waals surface area contributed by atoms with E-state index in [0.29, 0.717) is 18.7 Å². The number of nitrogens with one attached hydrogen (secondary N) is 3. The first-order chi connectivity index (χ1) is 12.1. The Morgan fingerprint density at radius 3 is 2.92 bits per heavy atom. The highest BCUT2D eigenvalue weighted by molar-refractivity contribution is 5.92. The van der Waals surface area contributed by atoms with Crippen LogP contribution in [0.15, 0.2) is 6.20 Å². The van der Waals surface area contributed by atoms with Gasteiger partial charge in [-0.1, -0.05) is 0 Å². The van der Waals surface area contributed by atoms with Gasteiger partial charge in [0.1, 0.15) is 11.5 Å². The standard InChI is InChI=1S/C17H28N6O2/c1-18-16(24)9-12-3-4-13(22(12)2)10-20-17(25)14-11-23-8-7-19-6-5-15(23)21-14/h11-13,19H,3-10H2,1-2H3,(H,18,24)(H,20,25)/t12-,13+/m1/s1. The Labute approximate surface area is 148 Å². The summed E-state index contributed by atoms with van der Waals surface area (Å²) in [6.45, 7) is 3.24. The molecule has 2 aliphatic rings. The van der Waals surface area contributed by atoms with Crippen LogP contribution in [0.2, 0.25) is 0 Å². The number of aromatic nitrogens is 2. The number of amides is 2. The number of fused-ring (bicyclic) bond motifs is 1. The van der Waals surface area contributed by atoms with Gasteiger partial charge in [0.05, 0.1) is 0 Å².